The molecule has 0 bridgehead atoms. The molecule has 0 saturated carbocycles. The van der Waals surface area contributed by atoms with Gasteiger partial charge in [-0.25, -0.2) is 18.2 Å². The highest BCUT2D eigenvalue weighted by Gasteiger charge is 2.15. The van der Waals surface area contributed by atoms with Gasteiger partial charge in [-0.15, -0.1) is 0 Å². The molecule has 1 aromatic carbocycles. The van der Waals surface area contributed by atoms with Crippen LogP contribution in [0.2, 0.25) is 0 Å². The lowest BCUT2D eigenvalue weighted by Gasteiger charge is -2.07. The van der Waals surface area contributed by atoms with Crippen LogP contribution in [0, 0.1) is 0 Å². The van der Waals surface area contributed by atoms with E-state index in [4.69, 9.17) is 5.11 Å². The number of hydrogen-bond donors (Lipinski definition) is 1. The molecule has 18 heavy (non-hydrogen) atoms. The second-order valence-electron chi connectivity index (χ2n) is 3.71. The number of carbonyl (C=O) groups is 1. The zero-order valence-electron chi connectivity index (χ0n) is 9.44. The van der Waals surface area contributed by atoms with Gasteiger partial charge in [0.05, 0.1) is 10.6 Å². The third-order valence-electron chi connectivity index (χ3n) is 2.34. The third kappa shape index (κ3) is 2.25. The molecule has 0 fully saturated rings. The second kappa shape index (κ2) is 4.26. The van der Waals surface area contributed by atoms with Gasteiger partial charge in [0.2, 0.25) is 0 Å². The fraction of sp³-hybridized carbons (Fsp3) is 0.0909. The summed E-state index contributed by atoms with van der Waals surface area (Å²) in [5.41, 5.74) is 0.235. The number of imidazole rings is 1. The van der Waals surface area contributed by atoms with Crippen LogP contribution in [0.5, 0.6) is 0 Å². The lowest BCUT2D eigenvalue weighted by molar-refractivity contribution is 0.0691. The maximum absolute atomic E-state index is 11.6. The minimum absolute atomic E-state index is 0.124. The topological polar surface area (TPSA) is 89.3 Å². The standard InChI is InChI=1S/C11H10N2O4S/c1-18(16,17)10-5-3-2-4-9(10)13-6-8(11(14)15)12-7-13/h2-7H,1H3,(H,14,15). The molecule has 1 N–H and O–H groups in total. The van der Waals surface area contributed by atoms with Crippen molar-refractivity contribution in [3.8, 4) is 5.69 Å². The highest BCUT2D eigenvalue weighted by atomic mass is 32.2. The Bertz CT molecular complexity index is 703. The molecule has 0 spiro atoms. The van der Waals surface area contributed by atoms with Gasteiger partial charge in [0.15, 0.2) is 15.5 Å². The Labute approximate surface area is 103 Å². The van der Waals surface area contributed by atoms with Crippen LogP contribution in [-0.4, -0.2) is 35.3 Å². The quantitative estimate of drug-likeness (QED) is 0.894. The van der Waals surface area contributed by atoms with Crippen molar-refractivity contribution in [3.05, 3.63) is 42.5 Å². The molecule has 0 amide bonds. The van der Waals surface area contributed by atoms with E-state index in [0.29, 0.717) is 5.69 Å². The van der Waals surface area contributed by atoms with Gasteiger partial charge < -0.3 is 9.67 Å². The molecule has 2 rings (SSSR count). The number of carboxylic acid groups (broad SMARTS) is 1. The van der Waals surface area contributed by atoms with Crippen molar-refractivity contribution < 1.29 is 18.3 Å². The van der Waals surface area contributed by atoms with Crippen LogP contribution in [0.15, 0.2) is 41.7 Å². The van der Waals surface area contributed by atoms with Crippen molar-refractivity contribution in [1.29, 1.82) is 0 Å². The molecule has 1 heterocycles. The number of carboxylic acids is 1. The summed E-state index contributed by atoms with van der Waals surface area (Å²) in [5.74, 6) is -1.16. The molecule has 2 aromatic rings. The Morgan fingerprint density at radius 3 is 2.56 bits per heavy atom. The lowest BCUT2D eigenvalue weighted by Crippen LogP contribution is -2.04. The first-order valence-corrected chi connectivity index (χ1v) is 6.85. The molecule has 6 nitrogen and oxygen atoms in total. The van der Waals surface area contributed by atoms with Crippen LogP contribution in [-0.2, 0) is 9.84 Å². The van der Waals surface area contributed by atoms with Crippen molar-refractivity contribution in [1.82, 2.24) is 9.55 Å². The number of hydrogen-bond acceptors (Lipinski definition) is 4. The average Bonchev–Trinajstić information content (AvgIpc) is 2.77. The molecule has 0 aliphatic rings. The Morgan fingerprint density at radius 2 is 2.00 bits per heavy atom. The molecule has 0 unspecified atom stereocenters. The number of sulfone groups is 1. The maximum Gasteiger partial charge on any atom is 0.356 e. The van der Waals surface area contributed by atoms with Gasteiger partial charge in [0.1, 0.15) is 6.33 Å². The zero-order chi connectivity index (χ0) is 13.3. The van der Waals surface area contributed by atoms with Gasteiger partial charge in [-0.05, 0) is 12.1 Å². The van der Waals surface area contributed by atoms with E-state index in [0.717, 1.165) is 6.26 Å². The summed E-state index contributed by atoms with van der Waals surface area (Å²) in [5, 5.41) is 8.78. The van der Waals surface area contributed by atoms with E-state index < -0.39 is 15.8 Å². The minimum Gasteiger partial charge on any atom is -0.476 e. The van der Waals surface area contributed by atoms with Crippen LogP contribution >= 0.6 is 0 Å². The van der Waals surface area contributed by atoms with Crippen molar-refractivity contribution in [2.24, 2.45) is 0 Å². The summed E-state index contributed by atoms with van der Waals surface area (Å²) in [6.07, 6.45) is 3.64. The summed E-state index contributed by atoms with van der Waals surface area (Å²) in [6.45, 7) is 0. The van der Waals surface area contributed by atoms with E-state index in [2.05, 4.69) is 4.98 Å². The molecule has 0 aliphatic carbocycles. The van der Waals surface area contributed by atoms with Crippen molar-refractivity contribution in [2.45, 2.75) is 4.90 Å². The van der Waals surface area contributed by atoms with Gasteiger partial charge >= 0.3 is 5.97 Å². The largest absolute Gasteiger partial charge is 0.476 e. The molecule has 0 radical (unpaired) electrons. The fourth-order valence-electron chi connectivity index (χ4n) is 1.55. The summed E-state index contributed by atoms with van der Waals surface area (Å²) in [7, 11) is -3.39. The maximum atomic E-state index is 11.6. The number of aromatic nitrogens is 2. The van der Waals surface area contributed by atoms with Gasteiger partial charge in [-0.1, -0.05) is 12.1 Å². The van der Waals surface area contributed by atoms with E-state index >= 15 is 0 Å². The Balaban J connectivity index is 2.61. The van der Waals surface area contributed by atoms with Gasteiger partial charge in [0.25, 0.3) is 0 Å². The fourth-order valence-corrected chi connectivity index (χ4v) is 2.43. The first-order chi connectivity index (χ1) is 8.39. The Hall–Kier alpha value is -2.15. The highest BCUT2D eigenvalue weighted by Crippen LogP contribution is 2.19. The van der Waals surface area contributed by atoms with E-state index in [1.54, 1.807) is 18.2 Å². The van der Waals surface area contributed by atoms with Crippen LogP contribution in [0.4, 0.5) is 0 Å². The van der Waals surface area contributed by atoms with E-state index in [9.17, 15) is 13.2 Å². The molecular weight excluding hydrogens is 256 g/mol. The van der Waals surface area contributed by atoms with E-state index in [1.807, 2.05) is 0 Å². The Morgan fingerprint density at radius 1 is 1.33 bits per heavy atom. The van der Waals surface area contributed by atoms with Gasteiger partial charge in [0, 0.05) is 12.5 Å². The minimum atomic E-state index is -3.39. The van der Waals surface area contributed by atoms with Crippen LogP contribution < -0.4 is 0 Å². The number of benzene rings is 1. The normalized spacial score (nSPS) is 11.4. The SMILES string of the molecule is CS(=O)(=O)c1ccccc1-n1cnc(C(=O)O)c1. The summed E-state index contributed by atoms with van der Waals surface area (Å²) < 4.78 is 24.6. The van der Waals surface area contributed by atoms with Crippen molar-refractivity contribution in [3.63, 3.8) is 0 Å². The summed E-state index contributed by atoms with van der Waals surface area (Å²) in [6, 6.07) is 6.33. The molecule has 7 heteroatoms. The first kappa shape index (κ1) is 12.3. The number of nitrogens with zero attached hydrogens (tertiary/aromatic N) is 2. The molecule has 0 saturated heterocycles. The monoisotopic (exact) mass is 266 g/mol. The Kier molecular flexibility index (Phi) is 2.92. The molecule has 0 atom stereocenters. The lowest BCUT2D eigenvalue weighted by atomic mass is 10.3. The number of rotatable bonds is 3. The van der Waals surface area contributed by atoms with Crippen molar-refractivity contribution in [2.75, 3.05) is 6.26 Å². The van der Waals surface area contributed by atoms with E-state index in [1.165, 1.54) is 23.2 Å². The van der Waals surface area contributed by atoms with Gasteiger partial charge in [-0.3, -0.25) is 0 Å². The second-order valence-corrected chi connectivity index (χ2v) is 5.70. The number of para-hydroxylation sites is 1. The highest BCUT2D eigenvalue weighted by molar-refractivity contribution is 7.90. The smallest absolute Gasteiger partial charge is 0.356 e. The first-order valence-electron chi connectivity index (χ1n) is 4.96. The van der Waals surface area contributed by atoms with Crippen LogP contribution in [0.25, 0.3) is 5.69 Å². The van der Waals surface area contributed by atoms with Crippen LogP contribution in [0.3, 0.4) is 0 Å². The number of aromatic carboxylic acids is 1. The molecule has 94 valence electrons. The van der Waals surface area contributed by atoms with Crippen LogP contribution in [0.1, 0.15) is 10.5 Å². The summed E-state index contributed by atoms with van der Waals surface area (Å²) in [4.78, 5) is 14.5. The van der Waals surface area contributed by atoms with Crippen molar-refractivity contribution >= 4 is 15.8 Å². The van der Waals surface area contributed by atoms with Gasteiger partial charge in [-0.2, -0.15) is 0 Å². The summed E-state index contributed by atoms with van der Waals surface area (Å²) >= 11 is 0. The predicted molar refractivity (Wildman–Crippen MR) is 63.6 cm³/mol. The zero-order valence-corrected chi connectivity index (χ0v) is 10.3. The third-order valence-corrected chi connectivity index (χ3v) is 3.49. The average molecular weight is 266 g/mol. The molecule has 1 aromatic heterocycles. The predicted octanol–water partition coefficient (Wildman–Crippen LogP) is 0.974. The molecule has 0 aliphatic heterocycles. The van der Waals surface area contributed by atoms with E-state index in [-0.39, 0.29) is 10.6 Å². The molecular formula is C11H10N2O4S.